The maximum Gasteiger partial charge on any atom is 0.338 e. The summed E-state index contributed by atoms with van der Waals surface area (Å²) in [5, 5.41) is 0. The lowest BCUT2D eigenvalue weighted by molar-refractivity contribution is -0.163. The van der Waals surface area contributed by atoms with Gasteiger partial charge in [0.15, 0.2) is 17.6 Å². The van der Waals surface area contributed by atoms with E-state index in [0.29, 0.717) is 37.6 Å². The second kappa shape index (κ2) is 9.57. The van der Waals surface area contributed by atoms with E-state index in [1.54, 1.807) is 28.1 Å². The third kappa shape index (κ3) is 5.11. The molecule has 0 bridgehead atoms. The van der Waals surface area contributed by atoms with Crippen LogP contribution in [-0.2, 0) is 19.1 Å². The number of anilines is 1. The normalized spacial score (nSPS) is 23.8. The quantitative estimate of drug-likeness (QED) is 0.593. The van der Waals surface area contributed by atoms with Gasteiger partial charge in [0.2, 0.25) is 11.7 Å². The standard InChI is InChI=1S/C24H36N2O6/c1-15(2)12-18(21-23(28)32-24(4,5)31-21)22(27)26-11-10-25(14-16(26)3)17-8-9-19(29-6)20(13-17)30-7/h8-9,13,15-16,18,21H,10-12,14H2,1-7H3/t16-,18+,21+/m1/s1. The Bertz CT molecular complexity index is 840. The number of hydrogen-bond acceptors (Lipinski definition) is 7. The number of hydrogen-bond donors (Lipinski definition) is 0. The number of amides is 1. The predicted molar refractivity (Wildman–Crippen MR) is 121 cm³/mol. The molecule has 0 aromatic heterocycles. The molecule has 0 unspecified atom stereocenters. The number of rotatable bonds is 7. The molecule has 2 aliphatic rings. The molecule has 3 atom stereocenters. The van der Waals surface area contributed by atoms with Gasteiger partial charge in [0.25, 0.3) is 0 Å². The molecule has 1 amide bonds. The minimum Gasteiger partial charge on any atom is -0.493 e. The fraction of sp³-hybridized carbons (Fsp3) is 0.667. The van der Waals surface area contributed by atoms with Crippen molar-refractivity contribution in [2.24, 2.45) is 11.8 Å². The molecule has 2 fully saturated rings. The molecule has 2 aliphatic heterocycles. The number of ether oxygens (including phenoxy) is 4. The van der Waals surface area contributed by atoms with E-state index in [4.69, 9.17) is 18.9 Å². The summed E-state index contributed by atoms with van der Waals surface area (Å²) < 4.78 is 22.0. The van der Waals surface area contributed by atoms with Gasteiger partial charge in [-0.05, 0) is 31.4 Å². The van der Waals surface area contributed by atoms with Crippen LogP contribution in [0, 0.1) is 11.8 Å². The van der Waals surface area contributed by atoms with Crippen molar-refractivity contribution in [2.45, 2.75) is 59.0 Å². The van der Waals surface area contributed by atoms with Crippen LogP contribution in [-0.4, -0.2) is 68.6 Å². The number of benzene rings is 1. The summed E-state index contributed by atoms with van der Waals surface area (Å²) in [4.78, 5) is 30.2. The monoisotopic (exact) mass is 448 g/mol. The van der Waals surface area contributed by atoms with Crippen LogP contribution in [0.2, 0.25) is 0 Å². The maximum atomic E-state index is 13.6. The first-order chi connectivity index (χ1) is 15.1. The molecule has 178 valence electrons. The molecular formula is C24H36N2O6. The van der Waals surface area contributed by atoms with Gasteiger partial charge < -0.3 is 28.7 Å². The molecule has 0 radical (unpaired) electrons. The summed E-state index contributed by atoms with van der Waals surface area (Å²) in [5.74, 6) is -0.460. The SMILES string of the molecule is COc1ccc(N2CCN(C(=O)[C@@H](CC(C)C)[C@@H]3OC(C)(C)OC3=O)[C@H](C)C2)cc1OC. The Morgan fingerprint density at radius 1 is 1.19 bits per heavy atom. The van der Waals surface area contributed by atoms with Crippen molar-refractivity contribution in [3.05, 3.63) is 18.2 Å². The molecule has 2 heterocycles. The smallest absolute Gasteiger partial charge is 0.338 e. The first kappa shape index (κ1) is 24.2. The fourth-order valence-corrected chi connectivity index (χ4v) is 4.54. The van der Waals surface area contributed by atoms with Crippen LogP contribution < -0.4 is 14.4 Å². The Labute approximate surface area is 190 Å². The lowest BCUT2D eigenvalue weighted by atomic mass is 9.90. The molecular weight excluding hydrogens is 412 g/mol. The van der Waals surface area contributed by atoms with E-state index in [1.165, 1.54) is 0 Å². The molecule has 32 heavy (non-hydrogen) atoms. The average molecular weight is 449 g/mol. The van der Waals surface area contributed by atoms with Crippen LogP contribution in [0.3, 0.4) is 0 Å². The van der Waals surface area contributed by atoms with E-state index in [0.717, 1.165) is 5.69 Å². The van der Waals surface area contributed by atoms with E-state index in [9.17, 15) is 9.59 Å². The van der Waals surface area contributed by atoms with Gasteiger partial charge in [-0.15, -0.1) is 0 Å². The van der Waals surface area contributed by atoms with Gasteiger partial charge in [-0.2, -0.15) is 0 Å². The molecule has 3 rings (SSSR count). The third-order valence-corrected chi connectivity index (χ3v) is 6.04. The van der Waals surface area contributed by atoms with Gasteiger partial charge >= 0.3 is 5.97 Å². The average Bonchev–Trinajstić information content (AvgIpc) is 3.02. The molecule has 0 spiro atoms. The topological polar surface area (TPSA) is 77.5 Å². The summed E-state index contributed by atoms with van der Waals surface area (Å²) in [7, 11) is 3.23. The number of cyclic esters (lactones) is 1. The molecule has 8 heteroatoms. The molecule has 2 saturated heterocycles. The van der Waals surface area contributed by atoms with Crippen molar-refractivity contribution in [2.75, 3.05) is 38.8 Å². The first-order valence-corrected chi connectivity index (χ1v) is 11.2. The third-order valence-electron chi connectivity index (χ3n) is 6.04. The zero-order valence-electron chi connectivity index (χ0n) is 20.2. The van der Waals surface area contributed by atoms with Gasteiger partial charge in [0.1, 0.15) is 0 Å². The van der Waals surface area contributed by atoms with Crippen molar-refractivity contribution in [1.29, 1.82) is 0 Å². The lowest BCUT2D eigenvalue weighted by Crippen LogP contribution is -2.57. The van der Waals surface area contributed by atoms with E-state index in [-0.39, 0.29) is 17.9 Å². The minimum absolute atomic E-state index is 0.0237. The summed E-state index contributed by atoms with van der Waals surface area (Å²) in [6, 6.07) is 5.82. The fourth-order valence-electron chi connectivity index (χ4n) is 4.54. The van der Waals surface area contributed by atoms with E-state index >= 15 is 0 Å². The second-order valence-electron chi connectivity index (χ2n) is 9.46. The molecule has 8 nitrogen and oxygen atoms in total. The number of carbonyl (C=O) groups is 2. The van der Waals surface area contributed by atoms with E-state index < -0.39 is 23.8 Å². The van der Waals surface area contributed by atoms with Crippen molar-refractivity contribution in [3.8, 4) is 11.5 Å². The highest BCUT2D eigenvalue weighted by Gasteiger charge is 2.49. The molecule has 1 aromatic carbocycles. The van der Waals surface area contributed by atoms with Crippen molar-refractivity contribution < 1.29 is 28.5 Å². The number of esters is 1. The number of nitrogens with zero attached hydrogens (tertiary/aromatic N) is 2. The first-order valence-electron chi connectivity index (χ1n) is 11.2. The van der Waals surface area contributed by atoms with Crippen LogP contribution in [0.15, 0.2) is 18.2 Å². The van der Waals surface area contributed by atoms with Crippen LogP contribution in [0.5, 0.6) is 11.5 Å². The highest BCUT2D eigenvalue weighted by molar-refractivity contribution is 5.88. The van der Waals surface area contributed by atoms with E-state index in [2.05, 4.69) is 4.90 Å². The van der Waals surface area contributed by atoms with Crippen LogP contribution >= 0.6 is 0 Å². The largest absolute Gasteiger partial charge is 0.493 e. The van der Waals surface area contributed by atoms with Gasteiger partial charge in [-0.1, -0.05) is 13.8 Å². The molecule has 0 aliphatic carbocycles. The van der Waals surface area contributed by atoms with Crippen LogP contribution in [0.1, 0.15) is 41.0 Å². The maximum absolute atomic E-state index is 13.6. The summed E-state index contributed by atoms with van der Waals surface area (Å²) in [6.07, 6.45) is -0.298. The molecule has 1 aromatic rings. The summed E-state index contributed by atoms with van der Waals surface area (Å²) in [5.41, 5.74) is 1.02. The van der Waals surface area contributed by atoms with Crippen LogP contribution in [0.25, 0.3) is 0 Å². The van der Waals surface area contributed by atoms with Gasteiger partial charge in [-0.25, -0.2) is 4.79 Å². The molecule has 0 saturated carbocycles. The predicted octanol–water partition coefficient (Wildman–Crippen LogP) is 3.08. The zero-order valence-corrected chi connectivity index (χ0v) is 20.2. The van der Waals surface area contributed by atoms with E-state index in [1.807, 2.05) is 43.9 Å². The van der Waals surface area contributed by atoms with Gasteiger partial charge in [0, 0.05) is 51.3 Å². The van der Waals surface area contributed by atoms with Gasteiger partial charge in [-0.3, -0.25) is 4.79 Å². The number of methoxy groups -OCH3 is 2. The van der Waals surface area contributed by atoms with Crippen LogP contribution in [0.4, 0.5) is 5.69 Å². The highest BCUT2D eigenvalue weighted by atomic mass is 16.8. The Morgan fingerprint density at radius 2 is 1.88 bits per heavy atom. The van der Waals surface area contributed by atoms with Gasteiger partial charge in [0.05, 0.1) is 20.1 Å². The Balaban J connectivity index is 1.74. The zero-order chi connectivity index (χ0) is 23.6. The van der Waals surface area contributed by atoms with Crippen molar-refractivity contribution in [3.63, 3.8) is 0 Å². The minimum atomic E-state index is -1.00. The number of carbonyl (C=O) groups excluding carboxylic acids is 2. The molecule has 0 N–H and O–H groups in total. The highest BCUT2D eigenvalue weighted by Crippen LogP contribution is 2.35. The Kier molecular flexibility index (Phi) is 7.22. The van der Waals surface area contributed by atoms with Crippen molar-refractivity contribution in [1.82, 2.24) is 4.90 Å². The summed E-state index contributed by atoms with van der Waals surface area (Å²) in [6.45, 7) is 11.5. The lowest BCUT2D eigenvalue weighted by Gasteiger charge is -2.42. The number of piperazine rings is 1. The summed E-state index contributed by atoms with van der Waals surface area (Å²) >= 11 is 0. The van der Waals surface area contributed by atoms with Crippen molar-refractivity contribution >= 4 is 17.6 Å². The Hall–Kier alpha value is -2.48. The Morgan fingerprint density at radius 3 is 2.41 bits per heavy atom. The second-order valence-corrected chi connectivity index (χ2v) is 9.46.